The number of rotatable bonds is 7. The zero-order valence-electron chi connectivity index (χ0n) is 15.8. The first-order chi connectivity index (χ1) is 13.4. The molecule has 3 rings (SSSR count). The molecule has 0 aliphatic carbocycles. The summed E-state index contributed by atoms with van der Waals surface area (Å²) in [6.45, 7) is 4.09. The summed E-state index contributed by atoms with van der Waals surface area (Å²) in [4.78, 5) is 12.5. The minimum atomic E-state index is -0.538. The van der Waals surface area contributed by atoms with Gasteiger partial charge in [0.25, 0.3) is 5.56 Å². The Morgan fingerprint density at radius 2 is 1.82 bits per heavy atom. The number of ether oxygens (including phenoxy) is 2. The van der Waals surface area contributed by atoms with Gasteiger partial charge in [-0.3, -0.25) is 9.36 Å². The van der Waals surface area contributed by atoms with Gasteiger partial charge in [0.1, 0.15) is 24.7 Å². The van der Waals surface area contributed by atoms with Crippen LogP contribution >= 0.6 is 11.6 Å². The summed E-state index contributed by atoms with van der Waals surface area (Å²) in [5.41, 5.74) is 2.27. The zero-order chi connectivity index (χ0) is 20.1. The molecule has 0 spiro atoms. The lowest BCUT2D eigenvalue weighted by Gasteiger charge is -2.13. The van der Waals surface area contributed by atoms with Crippen molar-refractivity contribution in [2.75, 3.05) is 6.61 Å². The van der Waals surface area contributed by atoms with Gasteiger partial charge in [0.05, 0.1) is 6.10 Å². The maximum absolute atomic E-state index is 12.5. The van der Waals surface area contributed by atoms with Gasteiger partial charge < -0.3 is 14.6 Å². The van der Waals surface area contributed by atoms with Crippen LogP contribution in [0.3, 0.4) is 0 Å². The number of pyridine rings is 1. The zero-order valence-corrected chi connectivity index (χ0v) is 16.5. The van der Waals surface area contributed by atoms with Crippen LogP contribution in [-0.2, 0) is 6.61 Å². The summed E-state index contributed by atoms with van der Waals surface area (Å²) in [5, 5.41) is 9.99. The van der Waals surface area contributed by atoms with E-state index in [1.807, 2.05) is 25.1 Å². The van der Waals surface area contributed by atoms with Crippen molar-refractivity contribution in [1.82, 2.24) is 4.57 Å². The third kappa shape index (κ3) is 5.15. The first-order valence-corrected chi connectivity index (χ1v) is 9.32. The lowest BCUT2D eigenvalue weighted by molar-refractivity contribution is 0.122. The predicted molar refractivity (Wildman–Crippen MR) is 110 cm³/mol. The third-order valence-electron chi connectivity index (χ3n) is 4.12. The van der Waals surface area contributed by atoms with Crippen molar-refractivity contribution in [3.05, 3.63) is 87.3 Å². The number of halogens is 1. The van der Waals surface area contributed by atoms with E-state index in [1.54, 1.807) is 54.1 Å². The van der Waals surface area contributed by atoms with Crippen LogP contribution in [0.15, 0.2) is 65.6 Å². The van der Waals surface area contributed by atoms with E-state index in [4.69, 9.17) is 21.1 Å². The van der Waals surface area contributed by atoms with Gasteiger partial charge in [-0.05, 0) is 73.5 Å². The number of benzene rings is 2. The molecule has 2 aromatic carbocycles. The van der Waals surface area contributed by atoms with Gasteiger partial charge in [-0.2, -0.15) is 0 Å². The van der Waals surface area contributed by atoms with Crippen molar-refractivity contribution < 1.29 is 14.6 Å². The number of aromatic nitrogens is 1. The molecule has 146 valence electrons. The van der Waals surface area contributed by atoms with E-state index < -0.39 is 6.10 Å². The van der Waals surface area contributed by atoms with E-state index in [2.05, 4.69) is 0 Å². The molecule has 1 atom stereocenters. The molecule has 1 N–H and O–H groups in total. The minimum absolute atomic E-state index is 0.144. The van der Waals surface area contributed by atoms with Gasteiger partial charge in [-0.1, -0.05) is 11.6 Å². The predicted octanol–water partition coefficient (Wildman–Crippen LogP) is 4.14. The van der Waals surface area contributed by atoms with Crippen molar-refractivity contribution >= 4 is 11.6 Å². The molecule has 1 heterocycles. The van der Waals surface area contributed by atoms with E-state index in [9.17, 15) is 9.90 Å². The molecule has 0 aliphatic rings. The summed E-state index contributed by atoms with van der Waals surface area (Å²) in [5.74, 6) is 1.38. The highest BCUT2D eigenvalue weighted by molar-refractivity contribution is 6.30. The molecule has 28 heavy (non-hydrogen) atoms. The van der Waals surface area contributed by atoms with E-state index in [0.29, 0.717) is 23.1 Å². The monoisotopic (exact) mass is 399 g/mol. The van der Waals surface area contributed by atoms with Crippen LogP contribution in [0, 0.1) is 6.92 Å². The summed E-state index contributed by atoms with van der Waals surface area (Å²) < 4.78 is 12.8. The van der Waals surface area contributed by atoms with Crippen LogP contribution in [0.4, 0.5) is 0 Å². The molecule has 0 saturated heterocycles. The highest BCUT2D eigenvalue weighted by atomic mass is 35.5. The molecule has 1 aromatic heterocycles. The Hall–Kier alpha value is -2.76. The Morgan fingerprint density at radius 1 is 1.07 bits per heavy atom. The van der Waals surface area contributed by atoms with Gasteiger partial charge in [-0.15, -0.1) is 0 Å². The highest BCUT2D eigenvalue weighted by Gasteiger charge is 2.07. The summed E-state index contributed by atoms with van der Waals surface area (Å²) >= 11 is 5.86. The quantitative estimate of drug-likeness (QED) is 0.648. The van der Waals surface area contributed by atoms with Crippen LogP contribution in [-0.4, -0.2) is 22.4 Å². The number of aliphatic hydroxyl groups excluding tert-OH is 1. The normalized spacial score (nSPS) is 11.9. The maximum atomic E-state index is 12.5. The maximum Gasteiger partial charge on any atom is 0.255 e. The fraction of sp³-hybridized carbons (Fsp3) is 0.227. The second-order valence-electron chi connectivity index (χ2n) is 6.60. The topological polar surface area (TPSA) is 60.7 Å². The molecular weight excluding hydrogens is 378 g/mol. The Balaban J connectivity index is 1.72. The molecule has 5 nitrogen and oxygen atoms in total. The molecule has 0 amide bonds. The number of aryl methyl sites for hydroxylation is 1. The summed E-state index contributed by atoms with van der Waals surface area (Å²) in [6, 6.07) is 16.0. The van der Waals surface area contributed by atoms with Crippen molar-refractivity contribution in [3.63, 3.8) is 0 Å². The smallest absolute Gasteiger partial charge is 0.255 e. The van der Waals surface area contributed by atoms with E-state index in [0.717, 1.165) is 16.8 Å². The standard InChI is InChI=1S/C22H22ClNO4/c1-15-11-19(5-8-21(15)28-13-16(2)25)24-10-9-17(12-22(24)26)14-27-20-6-3-18(23)4-7-20/h3-12,16,25H,13-14H2,1-2H3. The summed E-state index contributed by atoms with van der Waals surface area (Å²) in [7, 11) is 0. The van der Waals surface area contributed by atoms with Gasteiger partial charge in [-0.25, -0.2) is 0 Å². The second-order valence-corrected chi connectivity index (χ2v) is 7.03. The molecule has 6 heteroatoms. The number of hydrogen-bond acceptors (Lipinski definition) is 4. The Kier molecular flexibility index (Phi) is 6.39. The molecule has 0 bridgehead atoms. The molecule has 0 saturated carbocycles. The van der Waals surface area contributed by atoms with E-state index in [1.165, 1.54) is 0 Å². The molecule has 0 fully saturated rings. The van der Waals surface area contributed by atoms with Crippen molar-refractivity contribution in [2.45, 2.75) is 26.6 Å². The molecule has 1 unspecified atom stereocenters. The fourth-order valence-corrected chi connectivity index (χ4v) is 2.80. The Bertz CT molecular complexity index is 996. The van der Waals surface area contributed by atoms with Gasteiger partial charge >= 0.3 is 0 Å². The first kappa shape index (κ1) is 20.0. The molecule has 0 radical (unpaired) electrons. The average molecular weight is 400 g/mol. The highest BCUT2D eigenvalue weighted by Crippen LogP contribution is 2.21. The van der Waals surface area contributed by atoms with Crippen LogP contribution in [0.1, 0.15) is 18.1 Å². The van der Waals surface area contributed by atoms with Gasteiger partial charge in [0.2, 0.25) is 0 Å². The minimum Gasteiger partial charge on any atom is -0.491 e. The Morgan fingerprint density at radius 3 is 2.46 bits per heavy atom. The number of aliphatic hydroxyl groups is 1. The second kappa shape index (κ2) is 8.95. The summed E-state index contributed by atoms with van der Waals surface area (Å²) in [6.07, 6.45) is 1.19. The number of nitrogens with zero attached hydrogens (tertiary/aromatic N) is 1. The largest absolute Gasteiger partial charge is 0.491 e. The average Bonchev–Trinajstić information content (AvgIpc) is 2.66. The van der Waals surface area contributed by atoms with E-state index in [-0.39, 0.29) is 12.2 Å². The number of hydrogen-bond donors (Lipinski definition) is 1. The van der Waals surface area contributed by atoms with Gasteiger partial charge in [0.15, 0.2) is 0 Å². The van der Waals surface area contributed by atoms with Gasteiger partial charge in [0, 0.05) is 23.0 Å². The van der Waals surface area contributed by atoms with E-state index >= 15 is 0 Å². The molecule has 0 aliphatic heterocycles. The van der Waals surface area contributed by atoms with Crippen molar-refractivity contribution in [1.29, 1.82) is 0 Å². The lowest BCUT2D eigenvalue weighted by atomic mass is 10.2. The van der Waals surface area contributed by atoms with Crippen LogP contribution in [0.25, 0.3) is 5.69 Å². The van der Waals surface area contributed by atoms with Crippen molar-refractivity contribution in [2.24, 2.45) is 0 Å². The Labute approximate surface area is 168 Å². The first-order valence-electron chi connectivity index (χ1n) is 8.94. The van der Waals surface area contributed by atoms with Crippen LogP contribution in [0.2, 0.25) is 5.02 Å². The van der Waals surface area contributed by atoms with Crippen molar-refractivity contribution in [3.8, 4) is 17.2 Å². The lowest BCUT2D eigenvalue weighted by Crippen LogP contribution is -2.18. The fourth-order valence-electron chi connectivity index (χ4n) is 2.68. The van der Waals surface area contributed by atoms with Crippen LogP contribution in [0.5, 0.6) is 11.5 Å². The third-order valence-corrected chi connectivity index (χ3v) is 4.37. The SMILES string of the molecule is Cc1cc(-n2ccc(COc3ccc(Cl)cc3)cc2=O)ccc1OCC(C)O. The molecule has 3 aromatic rings. The van der Waals surface area contributed by atoms with Crippen LogP contribution < -0.4 is 15.0 Å². The molecular formula is C22H22ClNO4.